The lowest BCUT2D eigenvalue weighted by atomic mass is 9.65. The smallest absolute Gasteiger partial charge is 0.254 e. The number of hydrogen-bond acceptors (Lipinski definition) is 7. The van der Waals surface area contributed by atoms with Crippen molar-refractivity contribution in [3.63, 3.8) is 0 Å². The Morgan fingerprint density at radius 3 is 2.67 bits per heavy atom. The highest BCUT2D eigenvalue weighted by atomic mass is 16.5. The van der Waals surface area contributed by atoms with Crippen LogP contribution in [0.2, 0.25) is 0 Å². The molecule has 4 aliphatic rings. The number of nitrogens with two attached hydrogens (primary N) is 1. The molecule has 8 nitrogen and oxygen atoms in total. The molecule has 4 atom stereocenters. The van der Waals surface area contributed by atoms with Crippen LogP contribution in [0, 0.1) is 5.41 Å². The summed E-state index contributed by atoms with van der Waals surface area (Å²) in [4.78, 5) is 23.7. The molecule has 112 valence electrons. The van der Waals surface area contributed by atoms with E-state index < -0.39 is 52.6 Å². The molecule has 2 bridgehead atoms. The number of ketones is 1. The van der Waals surface area contributed by atoms with Crippen molar-refractivity contribution in [3.05, 3.63) is 22.5 Å². The number of hydrogen-bond donors (Lipinski definition) is 5. The number of aliphatic hydroxyl groups excluding tert-OH is 2. The van der Waals surface area contributed by atoms with Gasteiger partial charge in [-0.1, -0.05) is 0 Å². The van der Waals surface area contributed by atoms with E-state index in [1.807, 2.05) is 0 Å². The number of carbonyl (C=O) groups excluding carboxylic acids is 2. The molecule has 2 heterocycles. The van der Waals surface area contributed by atoms with Gasteiger partial charge in [-0.05, 0) is 6.92 Å². The van der Waals surface area contributed by atoms with E-state index in [9.17, 15) is 24.9 Å². The van der Waals surface area contributed by atoms with Crippen molar-refractivity contribution in [2.24, 2.45) is 5.73 Å². The number of Topliss-reactive ketones (excluding diaryl/α,β-unsaturated/α-hetero) is 1. The fraction of sp³-hybridized carbons (Fsp3) is 0.462. The second-order valence-electron chi connectivity index (χ2n) is 5.42. The minimum absolute atomic E-state index is 0.0314. The van der Waals surface area contributed by atoms with Crippen molar-refractivity contribution in [2.45, 2.75) is 37.3 Å². The van der Waals surface area contributed by atoms with Crippen LogP contribution in [0.15, 0.2) is 22.5 Å². The Bertz CT molecular complexity index is 650. The molecule has 0 unspecified atom stereocenters. The Labute approximate surface area is 119 Å². The number of nitrogens with one attached hydrogen (secondary N) is 1. The number of rotatable bonds is 1. The zero-order valence-electron chi connectivity index (χ0n) is 11.1. The molecule has 8 heteroatoms. The molecule has 2 aliphatic heterocycles. The quantitative estimate of drug-likeness (QED) is 0.369. The normalized spacial score (nSPS) is 38.9. The fourth-order valence-corrected chi connectivity index (χ4v) is 3.30. The molecular weight excluding hydrogens is 280 g/mol. The molecule has 0 radical (unpaired) electrons. The maximum absolute atomic E-state index is 12.3. The van der Waals surface area contributed by atoms with Gasteiger partial charge in [-0.3, -0.25) is 15.0 Å². The first-order valence-electron chi connectivity index (χ1n) is 6.38. The van der Waals surface area contributed by atoms with Crippen LogP contribution in [0.25, 0.3) is 0 Å². The van der Waals surface area contributed by atoms with Gasteiger partial charge in [0.25, 0.3) is 5.91 Å². The molecule has 0 aromatic heterocycles. The van der Waals surface area contributed by atoms with Crippen LogP contribution in [0.5, 0.6) is 0 Å². The summed E-state index contributed by atoms with van der Waals surface area (Å²) in [6.07, 6.45) is -3.02. The van der Waals surface area contributed by atoms with E-state index in [0.717, 1.165) is 0 Å². The van der Waals surface area contributed by atoms with Crippen LogP contribution in [0.1, 0.15) is 13.3 Å². The highest BCUT2D eigenvalue weighted by molar-refractivity contribution is 6.56. The van der Waals surface area contributed by atoms with E-state index in [0.29, 0.717) is 0 Å². The Morgan fingerprint density at radius 1 is 1.52 bits per heavy atom. The fourth-order valence-electron chi connectivity index (χ4n) is 3.30. The molecule has 0 aromatic carbocycles. The average Bonchev–Trinajstić information content (AvgIpc) is 2.38. The Kier molecular flexibility index (Phi) is 2.65. The molecule has 1 amide bonds. The highest BCUT2D eigenvalue weighted by Crippen LogP contribution is 2.49. The Balaban J connectivity index is 2.33. The van der Waals surface area contributed by atoms with E-state index in [4.69, 9.17) is 15.9 Å². The van der Waals surface area contributed by atoms with Crippen LogP contribution in [0.4, 0.5) is 0 Å². The van der Waals surface area contributed by atoms with Gasteiger partial charge in [-0.15, -0.1) is 0 Å². The summed E-state index contributed by atoms with van der Waals surface area (Å²) >= 11 is 0. The first kappa shape index (κ1) is 13.9. The summed E-state index contributed by atoms with van der Waals surface area (Å²) in [5.74, 6) is -2.68. The van der Waals surface area contributed by atoms with E-state index in [1.165, 1.54) is 6.92 Å². The van der Waals surface area contributed by atoms with Gasteiger partial charge >= 0.3 is 0 Å². The molecule has 0 spiro atoms. The molecule has 21 heavy (non-hydrogen) atoms. The summed E-state index contributed by atoms with van der Waals surface area (Å²) in [6, 6.07) is 0. The van der Waals surface area contributed by atoms with Gasteiger partial charge in [-0.25, -0.2) is 0 Å². The Hall–Kier alpha value is -2.03. The third kappa shape index (κ3) is 1.46. The van der Waals surface area contributed by atoms with Gasteiger partial charge in [0.05, 0.1) is 18.3 Å². The van der Waals surface area contributed by atoms with Crippen molar-refractivity contribution < 1.29 is 29.6 Å². The van der Waals surface area contributed by atoms with E-state index in [2.05, 4.69) is 0 Å². The molecule has 2 aliphatic carbocycles. The average molecular weight is 294 g/mol. The maximum atomic E-state index is 12.3. The number of carbonyl (C=O) groups is 2. The molecule has 0 saturated carbocycles. The zero-order chi connectivity index (χ0) is 15.7. The lowest BCUT2D eigenvalue weighted by Gasteiger charge is -2.52. The molecular formula is C13H14N2O6. The second-order valence-corrected chi connectivity index (χ2v) is 5.42. The van der Waals surface area contributed by atoms with Gasteiger partial charge < -0.3 is 25.8 Å². The lowest BCUT2D eigenvalue weighted by molar-refractivity contribution is -0.211. The van der Waals surface area contributed by atoms with Gasteiger partial charge in [0.15, 0.2) is 0 Å². The van der Waals surface area contributed by atoms with Crippen molar-refractivity contribution in [3.8, 4) is 0 Å². The summed E-state index contributed by atoms with van der Waals surface area (Å²) < 4.78 is 5.47. The monoisotopic (exact) mass is 294 g/mol. The van der Waals surface area contributed by atoms with Crippen LogP contribution in [-0.4, -0.2) is 56.6 Å². The minimum Gasteiger partial charge on any atom is -0.507 e. The summed E-state index contributed by atoms with van der Waals surface area (Å²) in [6.45, 7) is 1.49. The third-order valence-electron chi connectivity index (χ3n) is 4.37. The van der Waals surface area contributed by atoms with Crippen LogP contribution >= 0.6 is 0 Å². The van der Waals surface area contributed by atoms with Crippen molar-refractivity contribution in [1.82, 2.24) is 0 Å². The Morgan fingerprint density at radius 2 is 2.14 bits per heavy atom. The number of amides is 1. The molecule has 0 aromatic rings. The summed E-state index contributed by atoms with van der Waals surface area (Å²) in [5, 5.41) is 38.6. The molecule has 1 fully saturated rings. The van der Waals surface area contributed by atoms with Gasteiger partial charge in [0.1, 0.15) is 22.6 Å². The van der Waals surface area contributed by atoms with Crippen molar-refractivity contribution in [2.75, 3.05) is 0 Å². The number of aliphatic hydroxyl groups is 3. The predicted molar refractivity (Wildman–Crippen MR) is 68.5 cm³/mol. The molecule has 1 saturated heterocycles. The third-order valence-corrected chi connectivity index (χ3v) is 4.37. The predicted octanol–water partition coefficient (Wildman–Crippen LogP) is -1.53. The molecule has 4 rings (SSSR count). The first-order chi connectivity index (χ1) is 9.71. The van der Waals surface area contributed by atoms with Gasteiger partial charge in [0, 0.05) is 17.6 Å². The van der Waals surface area contributed by atoms with Crippen molar-refractivity contribution >= 4 is 17.4 Å². The van der Waals surface area contributed by atoms with Crippen molar-refractivity contribution in [1.29, 1.82) is 5.41 Å². The van der Waals surface area contributed by atoms with Gasteiger partial charge in [-0.2, -0.15) is 0 Å². The van der Waals surface area contributed by atoms with Gasteiger partial charge in [0.2, 0.25) is 5.78 Å². The van der Waals surface area contributed by atoms with Crippen LogP contribution < -0.4 is 5.73 Å². The standard InChI is InChI=1S/C13H14N2O6/c1-3-13(20)5(16)2-4(21-3)6-8(13)11(18)9(14)7(10(6)17)12(15)19/h3-5,14,16-17,20H,2H2,1H3,(H2,15,19)/t3-,4-,5-,13-/m1/s1. The first-order valence-corrected chi connectivity index (χ1v) is 6.38. The number of primary amides is 1. The topological polar surface area (TPSA) is 154 Å². The molecule has 6 N–H and O–H groups in total. The summed E-state index contributed by atoms with van der Waals surface area (Å²) in [5.41, 5.74) is 1.34. The number of fused-ring (bicyclic) bond motifs is 2. The van der Waals surface area contributed by atoms with Crippen LogP contribution in [-0.2, 0) is 14.3 Å². The summed E-state index contributed by atoms with van der Waals surface area (Å²) in [7, 11) is 0. The number of ether oxygens (including phenoxy) is 1. The lowest BCUT2D eigenvalue weighted by Crippen LogP contribution is -2.66. The SMILES string of the molecule is C[C@H]1O[C@@H]2C[C@@H](O)[C@@]1(O)C1=C2C(O)=C(C(N)=O)C(=N)C1=O. The largest absolute Gasteiger partial charge is 0.507 e. The zero-order valence-corrected chi connectivity index (χ0v) is 11.1. The second kappa shape index (κ2) is 4.00. The van der Waals surface area contributed by atoms with E-state index in [1.54, 1.807) is 0 Å². The minimum atomic E-state index is -2.02. The van der Waals surface area contributed by atoms with E-state index in [-0.39, 0.29) is 17.6 Å². The highest BCUT2D eigenvalue weighted by Gasteiger charge is 2.61. The van der Waals surface area contributed by atoms with E-state index >= 15 is 0 Å². The maximum Gasteiger partial charge on any atom is 0.254 e. The van der Waals surface area contributed by atoms with Crippen LogP contribution in [0.3, 0.4) is 0 Å².